The van der Waals surface area contributed by atoms with E-state index in [0.29, 0.717) is 6.61 Å². The van der Waals surface area contributed by atoms with Gasteiger partial charge in [-0.25, -0.2) is 0 Å². The van der Waals surface area contributed by atoms with E-state index in [1.807, 2.05) is 0 Å². The van der Waals surface area contributed by atoms with Gasteiger partial charge in [-0.2, -0.15) is 0 Å². The molecule has 0 aromatic heterocycles. The Balaban J connectivity index is 1.72. The van der Waals surface area contributed by atoms with E-state index >= 15 is 0 Å². The van der Waals surface area contributed by atoms with E-state index in [1.54, 1.807) is 6.92 Å². The van der Waals surface area contributed by atoms with Gasteiger partial charge in [0.2, 0.25) is 0 Å². The molecule has 1 saturated heterocycles. The van der Waals surface area contributed by atoms with Crippen LogP contribution in [0.2, 0.25) is 0 Å². The van der Waals surface area contributed by atoms with Gasteiger partial charge in [-0.1, -0.05) is 0 Å². The highest BCUT2D eigenvalue weighted by atomic mass is 16.6. The van der Waals surface area contributed by atoms with E-state index < -0.39 is 0 Å². The Kier molecular flexibility index (Phi) is 1.22. The molecule has 0 aromatic carbocycles. The molecule has 0 bridgehead atoms. The smallest absolute Gasteiger partial charge is 0.310 e. The van der Waals surface area contributed by atoms with Crippen LogP contribution in [-0.4, -0.2) is 30.6 Å². The van der Waals surface area contributed by atoms with Crippen molar-refractivity contribution in [3.8, 4) is 0 Å². The van der Waals surface area contributed by atoms with Crippen molar-refractivity contribution in [3.05, 3.63) is 0 Å². The number of carbonyl (C=O) groups is 2. The summed E-state index contributed by atoms with van der Waals surface area (Å²) in [6.45, 7) is 2.16. The molecule has 0 unspecified atom stereocenters. The summed E-state index contributed by atoms with van der Waals surface area (Å²) in [4.78, 5) is 22.7. The first-order valence-corrected chi connectivity index (χ1v) is 4.61. The van der Waals surface area contributed by atoms with E-state index in [-0.39, 0.29) is 41.7 Å². The minimum absolute atomic E-state index is 0.0481. The third-order valence-corrected chi connectivity index (χ3v) is 3.15. The number of carbonyl (C=O) groups excluding carboxylic acids is 2. The van der Waals surface area contributed by atoms with Gasteiger partial charge in [0, 0.05) is 11.8 Å². The number of hydrogen-bond donors (Lipinski definition) is 0. The number of ketones is 1. The molecule has 70 valence electrons. The fourth-order valence-corrected chi connectivity index (χ4v) is 2.49. The second-order valence-electron chi connectivity index (χ2n) is 3.80. The summed E-state index contributed by atoms with van der Waals surface area (Å²) in [5, 5.41) is 0. The second kappa shape index (κ2) is 2.12. The van der Waals surface area contributed by atoms with Gasteiger partial charge >= 0.3 is 5.97 Å². The molecule has 3 aliphatic rings. The molecule has 0 spiro atoms. The van der Waals surface area contributed by atoms with Crippen molar-refractivity contribution in [1.29, 1.82) is 0 Å². The second-order valence-corrected chi connectivity index (χ2v) is 3.80. The van der Waals surface area contributed by atoms with E-state index in [2.05, 4.69) is 0 Å². The monoisotopic (exact) mass is 182 g/mol. The van der Waals surface area contributed by atoms with Crippen molar-refractivity contribution in [1.82, 2.24) is 0 Å². The van der Waals surface area contributed by atoms with E-state index in [9.17, 15) is 9.59 Å². The first kappa shape index (κ1) is 7.50. The topological polar surface area (TPSA) is 55.9 Å². The number of fused-ring (bicyclic) bond motifs is 3. The van der Waals surface area contributed by atoms with Gasteiger partial charge in [0.15, 0.2) is 5.78 Å². The molecule has 0 radical (unpaired) electrons. The summed E-state index contributed by atoms with van der Waals surface area (Å²) in [6, 6.07) is 0. The maximum Gasteiger partial charge on any atom is 0.310 e. The summed E-state index contributed by atoms with van der Waals surface area (Å²) < 4.78 is 9.99. The van der Waals surface area contributed by atoms with Crippen molar-refractivity contribution >= 4 is 11.8 Å². The Morgan fingerprint density at radius 2 is 2.38 bits per heavy atom. The predicted molar refractivity (Wildman–Crippen MR) is 40.8 cm³/mol. The normalized spacial score (nSPS) is 49.6. The van der Waals surface area contributed by atoms with Crippen LogP contribution in [0, 0.1) is 17.8 Å². The van der Waals surface area contributed by atoms with Crippen LogP contribution in [-0.2, 0) is 19.1 Å². The minimum Gasteiger partial charge on any atom is -0.466 e. The average molecular weight is 182 g/mol. The Morgan fingerprint density at radius 3 is 2.92 bits per heavy atom. The molecule has 4 nitrogen and oxygen atoms in total. The van der Waals surface area contributed by atoms with E-state index in [1.165, 1.54) is 0 Å². The third-order valence-electron chi connectivity index (χ3n) is 3.15. The van der Waals surface area contributed by atoms with Crippen molar-refractivity contribution in [2.75, 3.05) is 6.61 Å². The maximum absolute atomic E-state index is 11.4. The fourth-order valence-electron chi connectivity index (χ4n) is 2.49. The van der Waals surface area contributed by atoms with Gasteiger partial charge in [-0.05, 0) is 6.92 Å². The number of ether oxygens (including phenoxy) is 2. The Labute approximate surface area is 75.2 Å². The van der Waals surface area contributed by atoms with Gasteiger partial charge in [0.1, 0.15) is 6.10 Å². The molecule has 0 aromatic rings. The number of hydrogen-bond acceptors (Lipinski definition) is 4. The molecule has 3 fully saturated rings. The zero-order chi connectivity index (χ0) is 9.16. The Bertz CT molecular complexity index is 298. The molecule has 13 heavy (non-hydrogen) atoms. The lowest BCUT2D eigenvalue weighted by Crippen LogP contribution is -2.16. The SMILES string of the molecule is CCOC(=O)[C@@H]1[C@H]2C(=O)[C@@H]3O[C@@H]3[C@@H]12. The largest absolute Gasteiger partial charge is 0.466 e. The summed E-state index contributed by atoms with van der Waals surface area (Å²) in [5.74, 6) is -0.205. The van der Waals surface area contributed by atoms with Crippen molar-refractivity contribution in [2.24, 2.45) is 17.8 Å². The van der Waals surface area contributed by atoms with Crippen molar-refractivity contribution < 1.29 is 19.1 Å². The van der Waals surface area contributed by atoms with Gasteiger partial charge in [-0.15, -0.1) is 0 Å². The molecule has 0 amide bonds. The zero-order valence-corrected chi connectivity index (χ0v) is 7.23. The lowest BCUT2D eigenvalue weighted by Gasteiger charge is -2.00. The Hall–Kier alpha value is -0.900. The van der Waals surface area contributed by atoms with Gasteiger partial charge in [0.25, 0.3) is 0 Å². The van der Waals surface area contributed by atoms with E-state index in [4.69, 9.17) is 9.47 Å². The molecule has 1 heterocycles. The summed E-state index contributed by atoms with van der Waals surface area (Å²) in [6.07, 6.45) is -0.118. The lowest BCUT2D eigenvalue weighted by atomic mass is 10.1. The van der Waals surface area contributed by atoms with Crippen LogP contribution in [0.3, 0.4) is 0 Å². The molecular formula is C9H10O4. The van der Waals surface area contributed by atoms with Crippen LogP contribution in [0.15, 0.2) is 0 Å². The first-order valence-electron chi connectivity index (χ1n) is 4.61. The number of epoxide rings is 1. The van der Waals surface area contributed by atoms with Crippen LogP contribution in [0.5, 0.6) is 0 Å². The predicted octanol–water partition coefficient (Wildman–Crippen LogP) is -0.238. The van der Waals surface area contributed by atoms with Gasteiger partial charge in [-0.3, -0.25) is 9.59 Å². The molecule has 2 aliphatic carbocycles. The van der Waals surface area contributed by atoms with Gasteiger partial charge in [0.05, 0.1) is 18.6 Å². The highest BCUT2D eigenvalue weighted by Gasteiger charge is 2.77. The van der Waals surface area contributed by atoms with Crippen LogP contribution in [0.25, 0.3) is 0 Å². The highest BCUT2D eigenvalue weighted by Crippen LogP contribution is 2.63. The summed E-state index contributed by atoms with van der Waals surface area (Å²) in [7, 11) is 0. The average Bonchev–Trinajstić information content (AvgIpc) is 2.96. The number of rotatable bonds is 2. The highest BCUT2D eigenvalue weighted by molar-refractivity contribution is 6.00. The van der Waals surface area contributed by atoms with Crippen LogP contribution in [0.4, 0.5) is 0 Å². The number of Topliss-reactive ketones (excluding diaryl/α,β-unsaturated/α-hetero) is 1. The fraction of sp³-hybridized carbons (Fsp3) is 0.778. The molecular weight excluding hydrogens is 172 g/mol. The maximum atomic E-state index is 11.4. The molecule has 2 saturated carbocycles. The van der Waals surface area contributed by atoms with E-state index in [0.717, 1.165) is 0 Å². The van der Waals surface area contributed by atoms with Crippen LogP contribution >= 0.6 is 0 Å². The number of esters is 1. The third kappa shape index (κ3) is 0.790. The summed E-state index contributed by atoms with van der Waals surface area (Å²) in [5.41, 5.74) is 0. The molecule has 4 heteroatoms. The lowest BCUT2D eigenvalue weighted by molar-refractivity contribution is -0.146. The summed E-state index contributed by atoms with van der Waals surface area (Å²) >= 11 is 0. The molecule has 0 N–H and O–H groups in total. The first-order chi connectivity index (χ1) is 6.25. The zero-order valence-electron chi connectivity index (χ0n) is 7.23. The Morgan fingerprint density at radius 1 is 1.62 bits per heavy atom. The molecule has 3 rings (SSSR count). The molecule has 5 atom stereocenters. The molecule has 1 aliphatic heterocycles. The van der Waals surface area contributed by atoms with Crippen LogP contribution in [0.1, 0.15) is 6.92 Å². The van der Waals surface area contributed by atoms with Crippen LogP contribution < -0.4 is 0 Å². The van der Waals surface area contributed by atoms with Crippen molar-refractivity contribution in [3.63, 3.8) is 0 Å². The quantitative estimate of drug-likeness (QED) is 0.437. The minimum atomic E-state index is -0.222. The van der Waals surface area contributed by atoms with Gasteiger partial charge < -0.3 is 9.47 Å². The standard InChI is InChI=1S/C9H10O4/c1-2-12-9(11)5-3-4(5)7-8(13-7)6(3)10/h3-5,7-8H,2H2,1H3/t3-,4+,5+,7+,8-/m0/s1. The van der Waals surface area contributed by atoms with Crippen molar-refractivity contribution in [2.45, 2.75) is 19.1 Å².